The molecular weight excluding hydrogens is 202 g/mol. The molecule has 1 fully saturated rings. The summed E-state index contributed by atoms with van der Waals surface area (Å²) in [5.41, 5.74) is 0. The monoisotopic (exact) mass is 223 g/mol. The lowest BCUT2D eigenvalue weighted by Crippen LogP contribution is -2.33. The van der Waals surface area contributed by atoms with Crippen molar-refractivity contribution in [2.24, 2.45) is 5.92 Å². The molecule has 1 aliphatic rings. The third-order valence-corrected chi connectivity index (χ3v) is 3.16. The minimum atomic E-state index is 0.517. The molecule has 90 valence electrons. The molecule has 3 heteroatoms. The average Bonchev–Trinajstić information content (AvgIpc) is 2.91. The summed E-state index contributed by atoms with van der Waals surface area (Å²) in [5.74, 6) is 1.80. The van der Waals surface area contributed by atoms with E-state index in [9.17, 15) is 0 Å². The summed E-state index contributed by atoms with van der Waals surface area (Å²) in [7, 11) is 0. The number of furan rings is 1. The zero-order chi connectivity index (χ0) is 11.2. The molecule has 1 aromatic heterocycles. The first-order valence-corrected chi connectivity index (χ1v) is 6.22. The van der Waals surface area contributed by atoms with Gasteiger partial charge in [0.05, 0.1) is 6.26 Å². The van der Waals surface area contributed by atoms with Crippen molar-refractivity contribution in [3.05, 3.63) is 24.2 Å². The largest absolute Gasteiger partial charge is 0.469 e. The average molecular weight is 223 g/mol. The molecule has 0 saturated carbocycles. The van der Waals surface area contributed by atoms with Crippen molar-refractivity contribution in [2.45, 2.75) is 32.2 Å². The fourth-order valence-corrected chi connectivity index (χ4v) is 2.37. The van der Waals surface area contributed by atoms with Gasteiger partial charge in [0.2, 0.25) is 0 Å². The standard InChI is InChI=1S/C13H21NO2/c1-2-14-12(8-11-5-7-15-10-11)9-13-4-3-6-16-13/h3-4,6,11-12,14H,2,5,7-10H2,1H3. The Morgan fingerprint density at radius 1 is 1.56 bits per heavy atom. The van der Waals surface area contributed by atoms with E-state index in [2.05, 4.69) is 18.3 Å². The summed E-state index contributed by atoms with van der Waals surface area (Å²) >= 11 is 0. The predicted octanol–water partition coefficient (Wildman–Crippen LogP) is 2.23. The Kier molecular flexibility index (Phi) is 4.43. The Morgan fingerprint density at radius 3 is 3.12 bits per heavy atom. The zero-order valence-electron chi connectivity index (χ0n) is 9.95. The molecule has 2 heterocycles. The van der Waals surface area contributed by atoms with Gasteiger partial charge in [-0.05, 0) is 37.4 Å². The SMILES string of the molecule is CCNC(Cc1ccco1)CC1CCOC1. The molecule has 2 unspecified atom stereocenters. The van der Waals surface area contributed by atoms with E-state index in [-0.39, 0.29) is 0 Å². The first kappa shape index (κ1) is 11.7. The molecule has 1 aromatic rings. The molecule has 0 aliphatic carbocycles. The van der Waals surface area contributed by atoms with E-state index in [1.54, 1.807) is 6.26 Å². The highest BCUT2D eigenvalue weighted by molar-refractivity contribution is 5.00. The fraction of sp³-hybridized carbons (Fsp3) is 0.692. The third-order valence-electron chi connectivity index (χ3n) is 3.16. The number of likely N-dealkylation sites (N-methyl/N-ethyl adjacent to an activating group) is 1. The van der Waals surface area contributed by atoms with Gasteiger partial charge in [-0.3, -0.25) is 0 Å². The summed E-state index contributed by atoms with van der Waals surface area (Å²) in [4.78, 5) is 0. The van der Waals surface area contributed by atoms with E-state index >= 15 is 0 Å². The van der Waals surface area contributed by atoms with Gasteiger partial charge in [0.15, 0.2) is 0 Å². The van der Waals surface area contributed by atoms with Gasteiger partial charge in [-0.25, -0.2) is 0 Å². The van der Waals surface area contributed by atoms with Gasteiger partial charge < -0.3 is 14.5 Å². The molecule has 0 bridgehead atoms. The maximum atomic E-state index is 5.42. The molecule has 2 atom stereocenters. The predicted molar refractivity (Wildman–Crippen MR) is 63.4 cm³/mol. The van der Waals surface area contributed by atoms with Crippen LogP contribution in [0, 0.1) is 5.92 Å². The zero-order valence-corrected chi connectivity index (χ0v) is 9.95. The van der Waals surface area contributed by atoms with Crippen molar-refractivity contribution < 1.29 is 9.15 Å². The smallest absolute Gasteiger partial charge is 0.105 e. The fourth-order valence-electron chi connectivity index (χ4n) is 2.37. The Morgan fingerprint density at radius 2 is 2.50 bits per heavy atom. The molecule has 1 N–H and O–H groups in total. The Bertz CT molecular complexity index is 278. The van der Waals surface area contributed by atoms with Gasteiger partial charge in [-0.1, -0.05) is 6.92 Å². The van der Waals surface area contributed by atoms with Gasteiger partial charge in [0.1, 0.15) is 5.76 Å². The number of hydrogen-bond acceptors (Lipinski definition) is 3. The van der Waals surface area contributed by atoms with Crippen LogP contribution in [0.15, 0.2) is 22.8 Å². The molecule has 1 aliphatic heterocycles. The van der Waals surface area contributed by atoms with Crippen LogP contribution < -0.4 is 5.32 Å². The lowest BCUT2D eigenvalue weighted by Gasteiger charge is -2.19. The summed E-state index contributed by atoms with van der Waals surface area (Å²) in [6.45, 7) is 5.03. The second kappa shape index (κ2) is 6.06. The van der Waals surface area contributed by atoms with Crippen LogP contribution in [0.3, 0.4) is 0 Å². The topological polar surface area (TPSA) is 34.4 Å². The second-order valence-corrected chi connectivity index (χ2v) is 4.50. The summed E-state index contributed by atoms with van der Waals surface area (Å²) in [6.07, 6.45) is 5.13. The maximum Gasteiger partial charge on any atom is 0.105 e. The van der Waals surface area contributed by atoms with Crippen molar-refractivity contribution in [3.8, 4) is 0 Å². The normalized spacial score (nSPS) is 22.4. The lowest BCUT2D eigenvalue weighted by atomic mass is 9.96. The Balaban J connectivity index is 1.83. The first-order valence-electron chi connectivity index (χ1n) is 6.22. The van der Waals surface area contributed by atoms with Crippen LogP contribution in [0.1, 0.15) is 25.5 Å². The van der Waals surface area contributed by atoms with Crippen LogP contribution in [0.25, 0.3) is 0 Å². The molecular formula is C13H21NO2. The number of ether oxygens (including phenoxy) is 1. The van der Waals surface area contributed by atoms with Crippen molar-refractivity contribution in [1.29, 1.82) is 0 Å². The minimum absolute atomic E-state index is 0.517. The minimum Gasteiger partial charge on any atom is -0.469 e. The van der Waals surface area contributed by atoms with Gasteiger partial charge >= 0.3 is 0 Å². The van der Waals surface area contributed by atoms with Crippen molar-refractivity contribution in [2.75, 3.05) is 19.8 Å². The molecule has 0 radical (unpaired) electrons. The molecule has 0 spiro atoms. The first-order chi connectivity index (χ1) is 7.88. The quantitative estimate of drug-likeness (QED) is 0.803. The summed E-state index contributed by atoms with van der Waals surface area (Å²) < 4.78 is 10.8. The van der Waals surface area contributed by atoms with Gasteiger partial charge in [-0.15, -0.1) is 0 Å². The Hall–Kier alpha value is -0.800. The molecule has 2 rings (SSSR count). The number of nitrogens with one attached hydrogen (secondary N) is 1. The van der Waals surface area contributed by atoms with Gasteiger partial charge in [0.25, 0.3) is 0 Å². The van der Waals surface area contributed by atoms with Gasteiger partial charge in [-0.2, -0.15) is 0 Å². The Labute approximate surface area is 97.2 Å². The van der Waals surface area contributed by atoms with Crippen LogP contribution in [-0.4, -0.2) is 25.8 Å². The molecule has 3 nitrogen and oxygen atoms in total. The maximum absolute atomic E-state index is 5.42. The van der Waals surface area contributed by atoms with E-state index in [0.29, 0.717) is 6.04 Å². The third kappa shape index (κ3) is 3.35. The van der Waals surface area contributed by atoms with Crippen LogP contribution in [-0.2, 0) is 11.2 Å². The van der Waals surface area contributed by atoms with Gasteiger partial charge in [0, 0.05) is 25.7 Å². The van der Waals surface area contributed by atoms with E-state index in [1.807, 2.05) is 6.07 Å². The van der Waals surface area contributed by atoms with Crippen LogP contribution in [0.4, 0.5) is 0 Å². The van der Waals surface area contributed by atoms with E-state index < -0.39 is 0 Å². The molecule has 16 heavy (non-hydrogen) atoms. The van der Waals surface area contributed by atoms with Crippen molar-refractivity contribution >= 4 is 0 Å². The van der Waals surface area contributed by atoms with E-state index in [4.69, 9.17) is 9.15 Å². The molecule has 0 aromatic carbocycles. The van der Waals surface area contributed by atoms with E-state index in [0.717, 1.165) is 37.9 Å². The van der Waals surface area contributed by atoms with E-state index in [1.165, 1.54) is 12.8 Å². The highest BCUT2D eigenvalue weighted by atomic mass is 16.5. The molecule has 0 amide bonds. The number of hydrogen-bond donors (Lipinski definition) is 1. The summed E-state index contributed by atoms with van der Waals surface area (Å²) in [6, 6.07) is 4.52. The highest BCUT2D eigenvalue weighted by Gasteiger charge is 2.21. The summed E-state index contributed by atoms with van der Waals surface area (Å²) in [5, 5.41) is 3.53. The van der Waals surface area contributed by atoms with Crippen molar-refractivity contribution in [1.82, 2.24) is 5.32 Å². The molecule has 1 saturated heterocycles. The highest BCUT2D eigenvalue weighted by Crippen LogP contribution is 2.20. The second-order valence-electron chi connectivity index (χ2n) is 4.50. The number of rotatable bonds is 6. The van der Waals surface area contributed by atoms with Crippen LogP contribution >= 0.6 is 0 Å². The lowest BCUT2D eigenvalue weighted by molar-refractivity contribution is 0.181. The van der Waals surface area contributed by atoms with Crippen LogP contribution in [0.2, 0.25) is 0 Å². The van der Waals surface area contributed by atoms with Crippen LogP contribution in [0.5, 0.6) is 0 Å². The van der Waals surface area contributed by atoms with Crippen molar-refractivity contribution in [3.63, 3.8) is 0 Å².